The molecule has 3 heterocycles. The van der Waals surface area contributed by atoms with Crippen molar-refractivity contribution in [2.75, 3.05) is 33.2 Å². The van der Waals surface area contributed by atoms with Crippen molar-refractivity contribution in [3.05, 3.63) is 74.9 Å². The molecule has 2 N–H and O–H groups in total. The summed E-state index contributed by atoms with van der Waals surface area (Å²) in [5.74, 6) is -1.95. The lowest BCUT2D eigenvalue weighted by molar-refractivity contribution is -0.171. The van der Waals surface area contributed by atoms with Crippen LogP contribution in [0.5, 0.6) is 17.2 Å². The minimum atomic E-state index is -1.59. The SMILES string of the molecule is CC(C)=CCC/C(C)=C/Cc1c(O)c(CC=C(C)C)c2c(c1O)C(=O)C1=CC3CC4C(C)(C)OC(C/C=C(/C)C(=O)N5CCN(C)CC5)(C3=O)C14O2. The maximum absolute atomic E-state index is 14.9. The summed E-state index contributed by atoms with van der Waals surface area (Å²) in [5, 5.41) is 23.8. The van der Waals surface area contributed by atoms with Gasteiger partial charge in [-0.1, -0.05) is 47.1 Å². The number of rotatable bonds is 10. The summed E-state index contributed by atoms with van der Waals surface area (Å²) < 4.78 is 14.0. The Balaban J connectivity index is 1.46. The Kier molecular flexibility index (Phi) is 10.0. The van der Waals surface area contributed by atoms with Crippen molar-refractivity contribution in [3.63, 3.8) is 0 Å². The maximum atomic E-state index is 14.9. The largest absolute Gasteiger partial charge is 0.507 e. The molecule has 0 radical (unpaired) electrons. The minimum Gasteiger partial charge on any atom is -0.507 e. The molecule has 4 unspecified atom stereocenters. The zero-order valence-electron chi connectivity index (χ0n) is 32.4. The fourth-order valence-corrected chi connectivity index (χ4v) is 9.06. The molecular formula is C43H56N2O7. The second kappa shape index (κ2) is 13.8. The van der Waals surface area contributed by atoms with Crippen molar-refractivity contribution in [2.45, 2.75) is 111 Å². The monoisotopic (exact) mass is 712 g/mol. The highest BCUT2D eigenvalue weighted by Gasteiger charge is 2.81. The number of nitrogens with zero attached hydrogens (tertiary/aromatic N) is 2. The minimum absolute atomic E-state index is 0.0155. The number of carbonyl (C=O) groups is 3. The van der Waals surface area contributed by atoms with E-state index in [1.807, 2.05) is 58.7 Å². The van der Waals surface area contributed by atoms with Gasteiger partial charge in [0.15, 0.2) is 22.8 Å². The van der Waals surface area contributed by atoms with Crippen LogP contribution in [0.1, 0.15) is 103 Å². The normalized spacial score (nSPS) is 27.9. The fraction of sp³-hybridized carbons (Fsp3) is 0.558. The average Bonchev–Trinajstić information content (AvgIpc) is 3.23. The quantitative estimate of drug-likeness (QED) is 0.198. The molecule has 3 aliphatic carbocycles. The predicted molar refractivity (Wildman–Crippen MR) is 202 cm³/mol. The first kappa shape index (κ1) is 37.8. The third-order valence-electron chi connectivity index (χ3n) is 12.0. The van der Waals surface area contributed by atoms with Crippen molar-refractivity contribution < 1.29 is 34.1 Å². The zero-order valence-corrected chi connectivity index (χ0v) is 32.4. The van der Waals surface area contributed by atoms with Crippen LogP contribution in [0.2, 0.25) is 0 Å². The number of carbonyl (C=O) groups excluding carboxylic acids is 3. The van der Waals surface area contributed by atoms with E-state index in [4.69, 9.17) is 9.47 Å². The molecule has 3 fully saturated rings. The number of hydrogen-bond acceptors (Lipinski definition) is 8. The molecule has 3 aliphatic heterocycles. The number of hydrogen-bond donors (Lipinski definition) is 2. The van der Waals surface area contributed by atoms with Gasteiger partial charge in [0, 0.05) is 66.7 Å². The highest BCUT2D eigenvalue weighted by molar-refractivity contribution is 6.18. The van der Waals surface area contributed by atoms with E-state index in [1.165, 1.54) is 5.57 Å². The Morgan fingerprint density at radius 3 is 2.21 bits per heavy atom. The summed E-state index contributed by atoms with van der Waals surface area (Å²) in [7, 11) is 2.04. The zero-order chi connectivity index (χ0) is 37.9. The van der Waals surface area contributed by atoms with E-state index in [1.54, 1.807) is 19.1 Å². The lowest BCUT2D eigenvalue weighted by Crippen LogP contribution is -2.72. The maximum Gasteiger partial charge on any atom is 0.249 e. The van der Waals surface area contributed by atoms with Gasteiger partial charge >= 0.3 is 0 Å². The van der Waals surface area contributed by atoms with Crippen molar-refractivity contribution in [3.8, 4) is 17.2 Å². The van der Waals surface area contributed by atoms with Gasteiger partial charge in [0.1, 0.15) is 22.8 Å². The van der Waals surface area contributed by atoms with Crippen molar-refractivity contribution in [1.82, 2.24) is 9.80 Å². The molecule has 1 spiro atoms. The van der Waals surface area contributed by atoms with Gasteiger partial charge in [-0.3, -0.25) is 14.4 Å². The second-order valence-corrected chi connectivity index (χ2v) is 16.6. The Bertz CT molecular complexity index is 1850. The summed E-state index contributed by atoms with van der Waals surface area (Å²) in [5.41, 5.74) is 0.925. The molecule has 0 aromatic heterocycles. The number of piperazine rings is 1. The molecule has 1 amide bonds. The smallest absolute Gasteiger partial charge is 0.249 e. The number of amides is 1. The average molecular weight is 713 g/mol. The number of phenols is 2. The number of ketones is 2. The highest BCUT2D eigenvalue weighted by atomic mass is 16.6. The summed E-state index contributed by atoms with van der Waals surface area (Å²) in [6, 6.07) is 0. The van der Waals surface area contributed by atoms with Crippen LogP contribution in [0.4, 0.5) is 0 Å². The van der Waals surface area contributed by atoms with Crippen LogP contribution in [-0.2, 0) is 27.2 Å². The van der Waals surface area contributed by atoms with E-state index in [9.17, 15) is 24.6 Å². The molecule has 1 aromatic rings. The van der Waals surface area contributed by atoms with Crippen molar-refractivity contribution in [2.24, 2.45) is 11.8 Å². The Morgan fingerprint density at radius 2 is 1.56 bits per heavy atom. The van der Waals surface area contributed by atoms with Gasteiger partial charge in [0.05, 0.1) is 5.60 Å². The molecule has 52 heavy (non-hydrogen) atoms. The summed E-state index contributed by atoms with van der Waals surface area (Å²) in [6.45, 7) is 18.5. The summed E-state index contributed by atoms with van der Waals surface area (Å²) >= 11 is 0. The van der Waals surface area contributed by atoms with E-state index in [0.717, 1.165) is 37.1 Å². The predicted octanol–water partition coefficient (Wildman–Crippen LogP) is 6.96. The van der Waals surface area contributed by atoms with Gasteiger partial charge in [0.25, 0.3) is 0 Å². The van der Waals surface area contributed by atoms with Crippen molar-refractivity contribution >= 4 is 17.5 Å². The first-order chi connectivity index (χ1) is 24.4. The fourth-order valence-electron chi connectivity index (χ4n) is 9.06. The number of likely N-dealkylation sites (N-methyl/N-ethyl adjacent to an activating group) is 1. The molecule has 4 bridgehead atoms. The van der Waals surface area contributed by atoms with Crippen molar-refractivity contribution in [1.29, 1.82) is 0 Å². The van der Waals surface area contributed by atoms with Gasteiger partial charge in [-0.05, 0) is 94.5 Å². The number of ether oxygens (including phenoxy) is 2. The van der Waals surface area contributed by atoms with Gasteiger partial charge in [-0.15, -0.1) is 0 Å². The standard InChI is InChI=1S/C43H56N2O7/c1-25(2)11-10-12-27(5)14-16-30-35(46)31(15-13-26(3)4)38-34(36(30)47)37(48)32-23-29-24-33-41(7,8)52-42(39(29)49,43(32,33)51-38)18-17-28(6)40(50)45-21-19-44(9)20-22-45/h11,13-14,17,23,29,33,46-47H,10,12,15-16,18-22,24H2,1-9H3/b27-14+,28-17-. The van der Waals surface area contributed by atoms with E-state index in [-0.39, 0.29) is 65.2 Å². The van der Waals surface area contributed by atoms with E-state index in [0.29, 0.717) is 36.2 Å². The lowest BCUT2D eigenvalue weighted by atomic mass is 9.51. The van der Waals surface area contributed by atoms with E-state index >= 15 is 0 Å². The molecule has 1 saturated carbocycles. The molecule has 9 nitrogen and oxygen atoms in total. The van der Waals surface area contributed by atoms with Crippen LogP contribution in [0, 0.1) is 11.8 Å². The number of fused-ring (bicyclic) bond motifs is 1. The van der Waals surface area contributed by atoms with Crippen LogP contribution in [0.25, 0.3) is 0 Å². The summed E-state index contributed by atoms with van der Waals surface area (Å²) in [4.78, 5) is 47.1. The molecule has 2 saturated heterocycles. The Labute approximate surface area is 308 Å². The van der Waals surface area contributed by atoms with Crippen LogP contribution >= 0.6 is 0 Å². The third kappa shape index (κ3) is 6.07. The molecule has 4 atom stereocenters. The van der Waals surface area contributed by atoms with Gasteiger partial charge in [-0.25, -0.2) is 0 Å². The molecule has 6 aliphatic rings. The number of allylic oxidation sites excluding steroid dienone is 7. The third-order valence-corrected chi connectivity index (χ3v) is 12.0. The Hall–Kier alpha value is -3.95. The molecule has 9 heteroatoms. The van der Waals surface area contributed by atoms with Gasteiger partial charge in [0.2, 0.25) is 5.91 Å². The van der Waals surface area contributed by atoms with Gasteiger partial charge < -0.3 is 29.5 Å². The molecule has 280 valence electrons. The molecule has 1 aromatic carbocycles. The lowest BCUT2D eigenvalue weighted by Gasteiger charge is -2.56. The topological polar surface area (TPSA) is 117 Å². The van der Waals surface area contributed by atoms with E-state index < -0.39 is 28.5 Å². The number of Topliss-reactive ketones (excluding diaryl/α,β-unsaturated/α-hetero) is 2. The van der Waals surface area contributed by atoms with E-state index in [2.05, 4.69) is 24.8 Å². The molecular weight excluding hydrogens is 656 g/mol. The first-order valence-electron chi connectivity index (χ1n) is 18.8. The van der Waals surface area contributed by atoms with Crippen LogP contribution in [0.3, 0.4) is 0 Å². The second-order valence-electron chi connectivity index (χ2n) is 16.6. The first-order valence-corrected chi connectivity index (χ1v) is 18.8. The highest BCUT2D eigenvalue weighted by Crippen LogP contribution is 2.68. The molecule has 7 rings (SSSR count). The number of benzene rings is 1. The van der Waals surface area contributed by atoms with Gasteiger partial charge in [-0.2, -0.15) is 0 Å². The number of phenolic OH excluding ortho intramolecular Hbond substituents is 2. The number of aromatic hydroxyl groups is 2. The summed E-state index contributed by atoms with van der Waals surface area (Å²) in [6.07, 6.45) is 12.3. The van der Waals surface area contributed by atoms with Crippen LogP contribution in [-0.4, -0.2) is 87.5 Å². The van der Waals surface area contributed by atoms with Crippen LogP contribution < -0.4 is 4.74 Å². The van der Waals surface area contributed by atoms with Crippen LogP contribution in [0.15, 0.2) is 58.2 Å². The Morgan fingerprint density at radius 1 is 0.904 bits per heavy atom.